The second kappa shape index (κ2) is 5.61. The average Bonchev–Trinajstić information content (AvgIpc) is 2.46. The van der Waals surface area contributed by atoms with E-state index in [4.69, 9.17) is 5.11 Å². The molecule has 3 aromatic rings. The fourth-order valence-corrected chi connectivity index (χ4v) is 2.80. The van der Waals surface area contributed by atoms with E-state index in [1.807, 2.05) is 12.1 Å². The summed E-state index contributed by atoms with van der Waals surface area (Å²) in [5.41, 5.74) is 2.28. The molecular weight excluding hydrogens is 248 g/mol. The van der Waals surface area contributed by atoms with Gasteiger partial charge in [-0.25, -0.2) is 0 Å². The van der Waals surface area contributed by atoms with Crippen LogP contribution in [-0.4, -0.2) is 23.4 Å². The molecular formula is C18H18O2. The van der Waals surface area contributed by atoms with Crippen LogP contribution in [0.2, 0.25) is 0 Å². The summed E-state index contributed by atoms with van der Waals surface area (Å²) < 4.78 is 0. The predicted octanol–water partition coefficient (Wildman–Crippen LogP) is 3.06. The van der Waals surface area contributed by atoms with E-state index < -0.39 is 0 Å². The third kappa shape index (κ3) is 2.40. The molecule has 0 heterocycles. The highest BCUT2D eigenvalue weighted by Gasteiger charge is 2.06. The van der Waals surface area contributed by atoms with E-state index >= 15 is 0 Å². The Morgan fingerprint density at radius 3 is 2.10 bits per heavy atom. The molecule has 0 fully saturated rings. The summed E-state index contributed by atoms with van der Waals surface area (Å²) in [6, 6.07) is 16.9. The second-order valence-electron chi connectivity index (χ2n) is 5.12. The van der Waals surface area contributed by atoms with Crippen molar-refractivity contribution in [2.45, 2.75) is 12.8 Å². The van der Waals surface area contributed by atoms with Crippen LogP contribution in [0.4, 0.5) is 0 Å². The molecule has 0 aliphatic heterocycles. The van der Waals surface area contributed by atoms with Crippen molar-refractivity contribution in [1.82, 2.24) is 0 Å². The van der Waals surface area contributed by atoms with Crippen LogP contribution >= 0.6 is 0 Å². The lowest BCUT2D eigenvalue weighted by Crippen LogP contribution is -1.97. The number of rotatable bonds is 4. The number of aliphatic hydroxyl groups excluding tert-OH is 2. The molecule has 0 saturated heterocycles. The summed E-state index contributed by atoms with van der Waals surface area (Å²) in [6.07, 6.45) is 1.30. The van der Waals surface area contributed by atoms with Gasteiger partial charge < -0.3 is 10.2 Å². The van der Waals surface area contributed by atoms with Gasteiger partial charge in [-0.2, -0.15) is 0 Å². The van der Waals surface area contributed by atoms with Gasteiger partial charge in [0.2, 0.25) is 0 Å². The molecule has 0 aliphatic rings. The van der Waals surface area contributed by atoms with Gasteiger partial charge in [-0.15, -0.1) is 0 Å². The van der Waals surface area contributed by atoms with Gasteiger partial charge in [-0.1, -0.05) is 36.4 Å². The minimum atomic E-state index is 0.143. The van der Waals surface area contributed by atoms with Crippen molar-refractivity contribution in [3.63, 3.8) is 0 Å². The number of hydrogen-bond donors (Lipinski definition) is 2. The topological polar surface area (TPSA) is 40.5 Å². The minimum Gasteiger partial charge on any atom is -0.396 e. The standard InChI is InChI=1S/C18H18O2/c19-7-5-13-9-16(6-8-20)18-12-15-4-2-1-3-14(15)11-17(18)10-13/h1-4,9-12,19-20H,5-8H2. The minimum absolute atomic E-state index is 0.143. The lowest BCUT2D eigenvalue weighted by atomic mass is 9.95. The van der Waals surface area contributed by atoms with Crippen LogP contribution in [0.1, 0.15) is 11.1 Å². The van der Waals surface area contributed by atoms with Crippen molar-refractivity contribution in [2.75, 3.05) is 13.2 Å². The van der Waals surface area contributed by atoms with Gasteiger partial charge in [-0.3, -0.25) is 0 Å². The molecule has 0 amide bonds. The molecule has 2 nitrogen and oxygen atoms in total. The van der Waals surface area contributed by atoms with Crippen LogP contribution in [0.5, 0.6) is 0 Å². The molecule has 0 atom stereocenters. The van der Waals surface area contributed by atoms with Crippen LogP contribution in [0.25, 0.3) is 21.5 Å². The largest absolute Gasteiger partial charge is 0.396 e. The molecule has 0 saturated carbocycles. The van der Waals surface area contributed by atoms with E-state index in [0.29, 0.717) is 12.8 Å². The zero-order valence-corrected chi connectivity index (χ0v) is 11.3. The summed E-state index contributed by atoms with van der Waals surface area (Å²) in [5.74, 6) is 0. The lowest BCUT2D eigenvalue weighted by molar-refractivity contribution is 0.298. The Hall–Kier alpha value is -1.90. The van der Waals surface area contributed by atoms with Gasteiger partial charge in [0.1, 0.15) is 0 Å². The second-order valence-corrected chi connectivity index (χ2v) is 5.12. The van der Waals surface area contributed by atoms with Crippen LogP contribution < -0.4 is 0 Å². The molecule has 2 heteroatoms. The van der Waals surface area contributed by atoms with Crippen LogP contribution in [0.3, 0.4) is 0 Å². The van der Waals surface area contributed by atoms with E-state index in [-0.39, 0.29) is 13.2 Å². The summed E-state index contributed by atoms with van der Waals surface area (Å²) in [5, 5.41) is 23.2. The first-order chi connectivity index (χ1) is 9.81. The molecule has 0 radical (unpaired) electrons. The Labute approximate surface area is 118 Å². The van der Waals surface area contributed by atoms with E-state index in [9.17, 15) is 5.11 Å². The summed E-state index contributed by atoms with van der Waals surface area (Å²) in [7, 11) is 0. The normalized spacial score (nSPS) is 11.3. The van der Waals surface area contributed by atoms with E-state index in [1.165, 1.54) is 21.5 Å². The summed E-state index contributed by atoms with van der Waals surface area (Å²) in [4.78, 5) is 0. The highest BCUT2D eigenvalue weighted by Crippen LogP contribution is 2.27. The molecule has 0 unspecified atom stereocenters. The quantitative estimate of drug-likeness (QED) is 0.712. The predicted molar refractivity (Wildman–Crippen MR) is 83.0 cm³/mol. The van der Waals surface area contributed by atoms with Crippen LogP contribution in [0, 0.1) is 0 Å². The maximum absolute atomic E-state index is 9.26. The van der Waals surface area contributed by atoms with E-state index in [0.717, 1.165) is 11.1 Å². The van der Waals surface area contributed by atoms with Crippen LogP contribution in [-0.2, 0) is 12.8 Å². The Kier molecular flexibility index (Phi) is 3.68. The third-order valence-electron chi connectivity index (χ3n) is 3.75. The Morgan fingerprint density at radius 1 is 0.700 bits per heavy atom. The zero-order chi connectivity index (χ0) is 13.9. The van der Waals surface area contributed by atoms with Crippen molar-refractivity contribution in [1.29, 1.82) is 0 Å². The molecule has 0 aromatic heterocycles. The molecule has 2 N–H and O–H groups in total. The smallest absolute Gasteiger partial charge is 0.0471 e. The van der Waals surface area contributed by atoms with Gasteiger partial charge in [0.15, 0.2) is 0 Å². The molecule has 0 bridgehead atoms. The Bertz CT molecular complexity index is 747. The Balaban J connectivity index is 2.28. The van der Waals surface area contributed by atoms with Crippen molar-refractivity contribution in [3.05, 3.63) is 59.7 Å². The first-order valence-corrected chi connectivity index (χ1v) is 6.98. The monoisotopic (exact) mass is 266 g/mol. The molecule has 20 heavy (non-hydrogen) atoms. The first-order valence-electron chi connectivity index (χ1n) is 6.98. The van der Waals surface area contributed by atoms with Crippen molar-refractivity contribution in [2.24, 2.45) is 0 Å². The van der Waals surface area contributed by atoms with Crippen molar-refractivity contribution in [3.8, 4) is 0 Å². The van der Waals surface area contributed by atoms with Crippen LogP contribution in [0.15, 0.2) is 48.5 Å². The fourth-order valence-electron chi connectivity index (χ4n) is 2.80. The van der Waals surface area contributed by atoms with Crippen molar-refractivity contribution >= 4 is 21.5 Å². The molecule has 102 valence electrons. The van der Waals surface area contributed by atoms with Gasteiger partial charge in [-0.05, 0) is 57.6 Å². The molecule has 3 aromatic carbocycles. The lowest BCUT2D eigenvalue weighted by Gasteiger charge is -2.11. The molecule has 3 rings (SSSR count). The number of hydrogen-bond acceptors (Lipinski definition) is 2. The highest BCUT2D eigenvalue weighted by atomic mass is 16.3. The third-order valence-corrected chi connectivity index (χ3v) is 3.75. The number of fused-ring (bicyclic) bond motifs is 2. The van der Waals surface area contributed by atoms with Gasteiger partial charge in [0, 0.05) is 13.2 Å². The molecule has 0 spiro atoms. The maximum atomic E-state index is 9.26. The average molecular weight is 266 g/mol. The number of benzene rings is 3. The SMILES string of the molecule is OCCc1cc(CCO)c2cc3ccccc3cc2c1. The summed E-state index contributed by atoms with van der Waals surface area (Å²) in [6.45, 7) is 0.294. The van der Waals surface area contributed by atoms with E-state index in [2.05, 4.69) is 36.4 Å². The summed E-state index contributed by atoms with van der Waals surface area (Å²) >= 11 is 0. The van der Waals surface area contributed by atoms with Gasteiger partial charge >= 0.3 is 0 Å². The first kappa shape index (κ1) is 13.1. The molecule has 0 aliphatic carbocycles. The highest BCUT2D eigenvalue weighted by molar-refractivity contribution is 5.99. The van der Waals surface area contributed by atoms with E-state index in [1.54, 1.807) is 0 Å². The number of aliphatic hydroxyl groups is 2. The van der Waals surface area contributed by atoms with Gasteiger partial charge in [0.05, 0.1) is 0 Å². The zero-order valence-electron chi connectivity index (χ0n) is 11.3. The van der Waals surface area contributed by atoms with Gasteiger partial charge in [0.25, 0.3) is 0 Å². The van der Waals surface area contributed by atoms with Crippen molar-refractivity contribution < 1.29 is 10.2 Å². The Morgan fingerprint density at radius 2 is 1.40 bits per heavy atom. The maximum Gasteiger partial charge on any atom is 0.0471 e. The fraction of sp³-hybridized carbons (Fsp3) is 0.222.